The molecule has 24 heavy (non-hydrogen) atoms. The summed E-state index contributed by atoms with van der Waals surface area (Å²) in [7, 11) is 0. The third-order valence-corrected chi connectivity index (χ3v) is 4.90. The van der Waals surface area contributed by atoms with Gasteiger partial charge in [0.05, 0.1) is 10.9 Å². The standard InChI is InChI=1S/C18H17FN2O2S/c1-11-18(23)21-15-10-14(6-7-16(15)24-11)20-17(22)8-5-12-3-2-4-13(19)9-12/h2-4,6-7,9-11H,5,8H2,1H3,(H,20,22)(H,21,23). The number of hydrogen-bond donors (Lipinski definition) is 2. The maximum absolute atomic E-state index is 13.1. The summed E-state index contributed by atoms with van der Waals surface area (Å²) in [5.74, 6) is -0.491. The number of hydrogen-bond acceptors (Lipinski definition) is 3. The van der Waals surface area contributed by atoms with Crippen molar-refractivity contribution in [3.8, 4) is 0 Å². The van der Waals surface area contributed by atoms with E-state index in [-0.39, 0.29) is 29.3 Å². The topological polar surface area (TPSA) is 58.2 Å². The first-order chi connectivity index (χ1) is 11.5. The zero-order chi connectivity index (χ0) is 17.1. The number of amides is 2. The van der Waals surface area contributed by atoms with Gasteiger partial charge in [0.1, 0.15) is 5.82 Å². The van der Waals surface area contributed by atoms with Gasteiger partial charge in [-0.3, -0.25) is 9.59 Å². The fourth-order valence-corrected chi connectivity index (χ4v) is 3.39. The molecule has 1 aliphatic rings. The van der Waals surface area contributed by atoms with Gasteiger partial charge >= 0.3 is 0 Å². The molecule has 4 nitrogen and oxygen atoms in total. The predicted molar refractivity (Wildman–Crippen MR) is 93.7 cm³/mol. The van der Waals surface area contributed by atoms with Crippen molar-refractivity contribution >= 4 is 35.0 Å². The molecule has 0 aromatic heterocycles. The van der Waals surface area contributed by atoms with Crippen LogP contribution in [0.4, 0.5) is 15.8 Å². The average Bonchev–Trinajstić information content (AvgIpc) is 2.54. The van der Waals surface area contributed by atoms with Gasteiger partial charge in [0.15, 0.2) is 0 Å². The highest BCUT2D eigenvalue weighted by atomic mass is 32.2. The van der Waals surface area contributed by atoms with Gasteiger partial charge in [-0.15, -0.1) is 11.8 Å². The monoisotopic (exact) mass is 344 g/mol. The van der Waals surface area contributed by atoms with Crippen molar-refractivity contribution in [1.82, 2.24) is 0 Å². The van der Waals surface area contributed by atoms with Crippen molar-refractivity contribution < 1.29 is 14.0 Å². The van der Waals surface area contributed by atoms with Crippen LogP contribution < -0.4 is 10.6 Å². The van der Waals surface area contributed by atoms with E-state index in [0.717, 1.165) is 10.5 Å². The van der Waals surface area contributed by atoms with E-state index >= 15 is 0 Å². The Morgan fingerprint density at radius 3 is 2.92 bits per heavy atom. The van der Waals surface area contributed by atoms with Gasteiger partial charge in [-0.25, -0.2) is 4.39 Å². The summed E-state index contributed by atoms with van der Waals surface area (Å²) < 4.78 is 13.1. The Hall–Kier alpha value is -2.34. The molecule has 2 amide bonds. The Kier molecular flexibility index (Phi) is 4.85. The Morgan fingerprint density at radius 2 is 2.12 bits per heavy atom. The van der Waals surface area contributed by atoms with Gasteiger partial charge in [0, 0.05) is 17.0 Å². The van der Waals surface area contributed by atoms with Crippen LogP contribution in [0.25, 0.3) is 0 Å². The second-order valence-corrected chi connectivity index (χ2v) is 7.02. The quantitative estimate of drug-likeness (QED) is 0.886. The van der Waals surface area contributed by atoms with Gasteiger partial charge in [-0.05, 0) is 49.2 Å². The van der Waals surface area contributed by atoms with E-state index in [4.69, 9.17) is 0 Å². The maximum atomic E-state index is 13.1. The summed E-state index contributed by atoms with van der Waals surface area (Å²) in [6.07, 6.45) is 0.733. The molecule has 0 radical (unpaired) electrons. The van der Waals surface area contributed by atoms with Gasteiger partial charge < -0.3 is 10.6 Å². The zero-order valence-electron chi connectivity index (χ0n) is 13.1. The lowest BCUT2D eigenvalue weighted by molar-refractivity contribution is -0.116. The lowest BCUT2D eigenvalue weighted by Gasteiger charge is -2.22. The van der Waals surface area contributed by atoms with Crippen LogP contribution in [0.3, 0.4) is 0 Å². The minimum atomic E-state index is -0.301. The summed E-state index contributed by atoms with van der Waals surface area (Å²) in [4.78, 5) is 24.8. The van der Waals surface area contributed by atoms with E-state index in [9.17, 15) is 14.0 Å². The number of carbonyl (C=O) groups excluding carboxylic acids is 2. The van der Waals surface area contributed by atoms with Gasteiger partial charge in [0.25, 0.3) is 0 Å². The fraction of sp³-hybridized carbons (Fsp3) is 0.222. The lowest BCUT2D eigenvalue weighted by Crippen LogP contribution is -2.26. The summed E-state index contributed by atoms with van der Waals surface area (Å²) >= 11 is 1.50. The Bertz CT molecular complexity index is 794. The molecule has 0 bridgehead atoms. The van der Waals surface area contributed by atoms with Crippen molar-refractivity contribution in [2.75, 3.05) is 10.6 Å². The minimum Gasteiger partial charge on any atom is -0.326 e. The molecule has 124 valence electrons. The summed E-state index contributed by atoms with van der Waals surface area (Å²) in [6.45, 7) is 1.85. The van der Waals surface area contributed by atoms with Gasteiger partial charge in [-0.2, -0.15) is 0 Å². The van der Waals surface area contributed by atoms with Crippen LogP contribution in [0.5, 0.6) is 0 Å². The first-order valence-corrected chi connectivity index (χ1v) is 8.55. The van der Waals surface area contributed by atoms with Crippen LogP contribution in [0.2, 0.25) is 0 Å². The number of nitrogens with one attached hydrogen (secondary N) is 2. The van der Waals surface area contributed by atoms with Crippen LogP contribution in [0.1, 0.15) is 18.9 Å². The molecule has 0 spiro atoms. The van der Waals surface area contributed by atoms with E-state index in [0.29, 0.717) is 17.8 Å². The predicted octanol–water partition coefficient (Wildman–Crippen LogP) is 3.83. The van der Waals surface area contributed by atoms with E-state index in [2.05, 4.69) is 10.6 Å². The minimum absolute atomic E-state index is 0.0397. The normalized spacial score (nSPS) is 16.2. The highest BCUT2D eigenvalue weighted by molar-refractivity contribution is 8.00. The number of carbonyl (C=O) groups is 2. The molecule has 2 aromatic rings. The Labute approximate surface area is 143 Å². The first kappa shape index (κ1) is 16.5. The molecule has 6 heteroatoms. The summed E-state index contributed by atoms with van der Waals surface area (Å²) in [5, 5.41) is 5.52. The number of fused-ring (bicyclic) bond motifs is 1. The number of benzene rings is 2. The summed E-state index contributed by atoms with van der Waals surface area (Å²) in [6, 6.07) is 11.7. The molecule has 1 atom stereocenters. The number of thioether (sulfide) groups is 1. The smallest absolute Gasteiger partial charge is 0.237 e. The fourth-order valence-electron chi connectivity index (χ4n) is 2.46. The van der Waals surface area contributed by atoms with Crippen LogP contribution in [0, 0.1) is 5.82 Å². The van der Waals surface area contributed by atoms with Gasteiger partial charge in [-0.1, -0.05) is 12.1 Å². The third kappa shape index (κ3) is 3.94. The molecule has 2 N–H and O–H groups in total. The lowest BCUT2D eigenvalue weighted by atomic mass is 10.1. The third-order valence-electron chi connectivity index (χ3n) is 3.72. The molecule has 1 unspecified atom stereocenters. The van der Waals surface area contributed by atoms with Gasteiger partial charge in [0.2, 0.25) is 11.8 Å². The van der Waals surface area contributed by atoms with E-state index < -0.39 is 0 Å². The van der Waals surface area contributed by atoms with Crippen LogP contribution in [-0.2, 0) is 16.0 Å². The first-order valence-electron chi connectivity index (χ1n) is 7.67. The number of rotatable bonds is 4. The molecule has 2 aromatic carbocycles. The second-order valence-electron chi connectivity index (χ2n) is 5.64. The number of anilines is 2. The van der Waals surface area contributed by atoms with Crippen LogP contribution in [-0.4, -0.2) is 17.1 Å². The van der Waals surface area contributed by atoms with Crippen molar-refractivity contribution in [3.05, 3.63) is 53.8 Å². The van der Waals surface area contributed by atoms with Crippen LogP contribution >= 0.6 is 11.8 Å². The highest BCUT2D eigenvalue weighted by Crippen LogP contribution is 2.36. The average molecular weight is 344 g/mol. The SMILES string of the molecule is CC1Sc2ccc(NC(=O)CCc3cccc(F)c3)cc2NC1=O. The van der Waals surface area contributed by atoms with Crippen molar-refractivity contribution in [2.45, 2.75) is 29.9 Å². The highest BCUT2D eigenvalue weighted by Gasteiger charge is 2.23. The molecular weight excluding hydrogens is 327 g/mol. The summed E-state index contributed by atoms with van der Waals surface area (Å²) in [5.41, 5.74) is 2.13. The van der Waals surface area contributed by atoms with Crippen molar-refractivity contribution in [1.29, 1.82) is 0 Å². The van der Waals surface area contributed by atoms with Crippen molar-refractivity contribution in [3.63, 3.8) is 0 Å². The molecular formula is C18H17FN2O2S. The molecule has 0 fully saturated rings. The van der Waals surface area contributed by atoms with Crippen LogP contribution in [0.15, 0.2) is 47.4 Å². The second kappa shape index (κ2) is 7.05. The number of aryl methyl sites for hydroxylation is 1. The molecule has 0 aliphatic carbocycles. The molecule has 1 heterocycles. The maximum Gasteiger partial charge on any atom is 0.237 e. The van der Waals surface area contributed by atoms with E-state index in [1.165, 1.54) is 23.9 Å². The van der Waals surface area contributed by atoms with E-state index in [1.807, 2.05) is 19.1 Å². The Morgan fingerprint density at radius 1 is 1.29 bits per heavy atom. The molecule has 3 rings (SSSR count). The van der Waals surface area contributed by atoms with E-state index in [1.54, 1.807) is 18.2 Å². The van der Waals surface area contributed by atoms with Crippen molar-refractivity contribution in [2.24, 2.45) is 0 Å². The molecule has 0 saturated carbocycles. The molecule has 1 aliphatic heterocycles. The largest absolute Gasteiger partial charge is 0.326 e. The number of halogens is 1. The zero-order valence-corrected chi connectivity index (χ0v) is 14.0. The molecule has 0 saturated heterocycles. The Balaban J connectivity index is 1.61.